The Morgan fingerprint density at radius 2 is 1.68 bits per heavy atom. The lowest BCUT2D eigenvalue weighted by Crippen LogP contribution is -2.51. The molecule has 0 spiro atoms. The predicted octanol–water partition coefficient (Wildman–Crippen LogP) is 4.51. The summed E-state index contributed by atoms with van der Waals surface area (Å²) in [5, 5.41) is 2.62. The van der Waals surface area contributed by atoms with Crippen LogP contribution < -0.4 is 14.4 Å². The average molecular weight is 603 g/mol. The summed E-state index contributed by atoms with van der Waals surface area (Å²) in [7, 11) is -1.17. The Bertz CT molecular complexity index is 1360. The number of methoxy groups -OCH3 is 1. The second kappa shape index (κ2) is 12.9. The fraction of sp³-hybridized carbons (Fsp3) is 0.286. The molecule has 0 aliphatic heterocycles. The maximum atomic E-state index is 13.9. The zero-order chi connectivity index (χ0) is 27.9. The van der Waals surface area contributed by atoms with Gasteiger partial charge in [-0.15, -0.1) is 0 Å². The van der Waals surface area contributed by atoms with E-state index >= 15 is 0 Å². The number of nitrogens with one attached hydrogen (secondary N) is 1. The number of carbonyl (C=O) groups is 2. The molecule has 38 heavy (non-hydrogen) atoms. The Morgan fingerprint density at radius 1 is 1.03 bits per heavy atom. The van der Waals surface area contributed by atoms with Gasteiger partial charge in [0.2, 0.25) is 11.8 Å². The lowest BCUT2D eigenvalue weighted by molar-refractivity contribution is -0.140. The SMILES string of the molecule is CC[C@@H](C(=O)NC)N(Cc1ccccc1)C(=O)CN(c1ccc(C)cc1)S(=O)(=O)c1ccc(OC)c(Br)c1. The number of aryl methyl sites for hydroxylation is 1. The first-order chi connectivity index (χ1) is 18.1. The van der Waals surface area contributed by atoms with Crippen molar-refractivity contribution >= 4 is 43.5 Å². The van der Waals surface area contributed by atoms with Crippen LogP contribution in [0.1, 0.15) is 24.5 Å². The van der Waals surface area contributed by atoms with Gasteiger partial charge in [-0.1, -0.05) is 55.0 Å². The first-order valence-electron chi connectivity index (χ1n) is 12.1. The smallest absolute Gasteiger partial charge is 0.264 e. The van der Waals surface area contributed by atoms with Gasteiger partial charge in [-0.25, -0.2) is 8.42 Å². The standard InChI is InChI=1S/C28H32BrN3O5S/c1-5-25(28(34)30-3)31(18-21-9-7-6-8-10-21)27(33)19-32(22-13-11-20(2)12-14-22)38(35,36)23-15-16-26(37-4)24(29)17-23/h6-17,25H,5,18-19H2,1-4H3,(H,30,34)/t25-/m0/s1. The third-order valence-electron chi connectivity index (χ3n) is 6.14. The van der Waals surface area contributed by atoms with Crippen LogP contribution in [-0.2, 0) is 26.2 Å². The van der Waals surface area contributed by atoms with Crippen LogP contribution in [0.4, 0.5) is 5.69 Å². The topological polar surface area (TPSA) is 96.0 Å². The molecule has 0 aromatic heterocycles. The predicted molar refractivity (Wildman–Crippen MR) is 152 cm³/mol. The van der Waals surface area contributed by atoms with Gasteiger partial charge in [0, 0.05) is 13.6 Å². The molecule has 0 radical (unpaired) electrons. The summed E-state index contributed by atoms with van der Waals surface area (Å²) in [5.74, 6) is -0.339. The van der Waals surface area contributed by atoms with Crippen molar-refractivity contribution in [1.29, 1.82) is 0 Å². The van der Waals surface area contributed by atoms with E-state index in [0.717, 1.165) is 15.4 Å². The van der Waals surface area contributed by atoms with Crippen LogP contribution in [0.3, 0.4) is 0 Å². The maximum absolute atomic E-state index is 13.9. The first kappa shape index (κ1) is 29.2. The molecule has 10 heteroatoms. The summed E-state index contributed by atoms with van der Waals surface area (Å²) in [4.78, 5) is 28.0. The van der Waals surface area contributed by atoms with E-state index < -0.39 is 28.5 Å². The number of benzene rings is 3. The third-order valence-corrected chi connectivity index (χ3v) is 8.53. The number of anilines is 1. The van der Waals surface area contributed by atoms with E-state index in [1.54, 1.807) is 30.3 Å². The highest BCUT2D eigenvalue weighted by Gasteiger charge is 2.33. The molecule has 1 N–H and O–H groups in total. The Kier molecular flexibility index (Phi) is 9.93. The number of sulfonamides is 1. The summed E-state index contributed by atoms with van der Waals surface area (Å²) in [6.45, 7) is 3.37. The number of rotatable bonds is 11. The monoisotopic (exact) mass is 601 g/mol. The van der Waals surface area contributed by atoms with Crippen LogP contribution in [-0.4, -0.2) is 51.9 Å². The lowest BCUT2D eigenvalue weighted by atomic mass is 10.1. The summed E-state index contributed by atoms with van der Waals surface area (Å²) in [6, 6.07) is 19.8. The maximum Gasteiger partial charge on any atom is 0.264 e. The third kappa shape index (κ3) is 6.73. The fourth-order valence-corrected chi connectivity index (χ4v) is 6.17. The van der Waals surface area contributed by atoms with Crippen LogP contribution in [0.15, 0.2) is 82.2 Å². The molecule has 0 aliphatic rings. The summed E-state index contributed by atoms with van der Waals surface area (Å²) in [6.07, 6.45) is 0.362. The van der Waals surface area contributed by atoms with E-state index in [1.807, 2.05) is 44.2 Å². The molecular weight excluding hydrogens is 570 g/mol. The highest BCUT2D eigenvalue weighted by molar-refractivity contribution is 9.10. The van der Waals surface area contributed by atoms with Gasteiger partial charge < -0.3 is 15.0 Å². The fourth-order valence-electron chi connectivity index (χ4n) is 4.04. The summed E-state index contributed by atoms with van der Waals surface area (Å²) in [5.41, 5.74) is 2.11. The molecule has 0 saturated heterocycles. The Hall–Kier alpha value is -3.37. The van der Waals surface area contributed by atoms with Crippen molar-refractivity contribution in [3.63, 3.8) is 0 Å². The van der Waals surface area contributed by atoms with Gasteiger partial charge in [0.15, 0.2) is 0 Å². The first-order valence-corrected chi connectivity index (χ1v) is 14.3. The normalized spacial score (nSPS) is 11.9. The number of hydrogen-bond donors (Lipinski definition) is 1. The number of halogens is 1. The highest BCUT2D eigenvalue weighted by Crippen LogP contribution is 2.31. The van der Waals surface area contributed by atoms with E-state index in [2.05, 4.69) is 21.2 Å². The van der Waals surface area contributed by atoms with Crippen molar-refractivity contribution in [2.75, 3.05) is 25.0 Å². The van der Waals surface area contributed by atoms with E-state index in [9.17, 15) is 18.0 Å². The van der Waals surface area contributed by atoms with Gasteiger partial charge in [0.25, 0.3) is 10.0 Å². The van der Waals surface area contributed by atoms with E-state index in [-0.39, 0.29) is 17.3 Å². The zero-order valence-electron chi connectivity index (χ0n) is 21.8. The van der Waals surface area contributed by atoms with E-state index in [4.69, 9.17) is 4.74 Å². The van der Waals surface area contributed by atoms with Crippen molar-refractivity contribution < 1.29 is 22.7 Å². The molecule has 0 heterocycles. The van der Waals surface area contributed by atoms with Gasteiger partial charge >= 0.3 is 0 Å². The molecule has 1 atom stereocenters. The number of likely N-dealkylation sites (N-methyl/N-ethyl adjacent to an activating group) is 1. The average Bonchev–Trinajstić information content (AvgIpc) is 2.92. The molecule has 8 nitrogen and oxygen atoms in total. The van der Waals surface area contributed by atoms with Crippen LogP contribution in [0, 0.1) is 6.92 Å². The highest BCUT2D eigenvalue weighted by atomic mass is 79.9. The zero-order valence-corrected chi connectivity index (χ0v) is 24.3. The second-order valence-corrected chi connectivity index (χ2v) is 11.4. The number of nitrogens with zero attached hydrogens (tertiary/aromatic N) is 2. The largest absolute Gasteiger partial charge is 0.496 e. The summed E-state index contributed by atoms with van der Waals surface area (Å²) < 4.78 is 34.6. The van der Waals surface area contributed by atoms with Crippen molar-refractivity contribution in [3.8, 4) is 5.75 Å². The minimum Gasteiger partial charge on any atom is -0.496 e. The minimum absolute atomic E-state index is 0.00787. The van der Waals surface area contributed by atoms with Gasteiger partial charge in [0.1, 0.15) is 18.3 Å². The lowest BCUT2D eigenvalue weighted by Gasteiger charge is -2.33. The van der Waals surface area contributed by atoms with Gasteiger partial charge in [-0.3, -0.25) is 13.9 Å². The molecule has 3 aromatic carbocycles. The molecule has 0 bridgehead atoms. The number of carbonyl (C=O) groups excluding carboxylic acids is 2. The summed E-state index contributed by atoms with van der Waals surface area (Å²) >= 11 is 3.35. The number of ether oxygens (including phenoxy) is 1. The Labute approximate surface area is 232 Å². The van der Waals surface area contributed by atoms with Gasteiger partial charge in [-0.05, 0) is 65.2 Å². The van der Waals surface area contributed by atoms with Gasteiger partial charge in [0.05, 0.1) is 22.2 Å². The molecule has 202 valence electrons. The number of amides is 2. The Morgan fingerprint density at radius 3 is 2.24 bits per heavy atom. The van der Waals surface area contributed by atoms with Crippen molar-refractivity contribution in [2.45, 2.75) is 37.8 Å². The Balaban J connectivity index is 2.07. The van der Waals surface area contributed by atoms with E-state index in [0.29, 0.717) is 22.3 Å². The molecule has 0 fully saturated rings. The van der Waals surface area contributed by atoms with Gasteiger partial charge in [-0.2, -0.15) is 0 Å². The molecular formula is C28H32BrN3O5S. The second-order valence-electron chi connectivity index (χ2n) is 8.69. The molecule has 0 unspecified atom stereocenters. The minimum atomic E-state index is -4.17. The van der Waals surface area contributed by atoms with Crippen LogP contribution in [0.2, 0.25) is 0 Å². The van der Waals surface area contributed by atoms with Crippen LogP contribution in [0.25, 0.3) is 0 Å². The quantitative estimate of drug-likeness (QED) is 0.349. The molecule has 3 rings (SSSR count). The van der Waals surface area contributed by atoms with E-state index in [1.165, 1.54) is 31.2 Å². The van der Waals surface area contributed by atoms with Crippen molar-refractivity contribution in [3.05, 3.63) is 88.4 Å². The van der Waals surface area contributed by atoms with Crippen molar-refractivity contribution in [1.82, 2.24) is 10.2 Å². The molecule has 2 amide bonds. The molecule has 0 aliphatic carbocycles. The molecule has 3 aromatic rings. The number of hydrogen-bond acceptors (Lipinski definition) is 5. The van der Waals surface area contributed by atoms with Crippen molar-refractivity contribution in [2.24, 2.45) is 0 Å². The molecule has 0 saturated carbocycles. The van der Waals surface area contributed by atoms with Crippen LogP contribution in [0.5, 0.6) is 5.75 Å². The van der Waals surface area contributed by atoms with Crippen LogP contribution >= 0.6 is 15.9 Å².